The third kappa shape index (κ3) is 5.68. The molecule has 138 valence electrons. The Morgan fingerprint density at radius 2 is 0.962 bits per heavy atom. The third-order valence-electron chi connectivity index (χ3n) is 3.99. The molecule has 0 unspecified atom stereocenters. The van der Waals surface area contributed by atoms with Gasteiger partial charge in [0.15, 0.2) is 0 Å². The molecule has 2 aromatic rings. The molecule has 0 fully saturated rings. The van der Waals surface area contributed by atoms with Crippen LogP contribution in [0.3, 0.4) is 0 Å². The van der Waals surface area contributed by atoms with Gasteiger partial charge in [0.2, 0.25) is 0 Å². The maximum Gasteiger partial charge on any atom is 0.106 e. The topological polar surface area (TPSA) is 30.5 Å². The fourth-order valence-corrected chi connectivity index (χ4v) is 2.85. The Labute approximate surface area is 167 Å². The minimum absolute atomic E-state index is 0.712. The predicted octanol–water partition coefficient (Wildman–Crippen LogP) is 3.05. The lowest BCUT2D eigenvalue weighted by Gasteiger charge is -2.15. The molecule has 0 aliphatic rings. The molecule has 4 nitrogen and oxygen atoms in total. The Bertz CT molecular complexity index is 672. The van der Waals surface area contributed by atoms with E-state index in [2.05, 4.69) is 44.7 Å². The smallest absolute Gasteiger partial charge is 0.106 e. The van der Waals surface area contributed by atoms with E-state index < -0.39 is 0 Å². The zero-order chi connectivity index (χ0) is 19.1. The Kier molecular flexibility index (Phi) is 7.36. The number of hydrogen-bond acceptors (Lipinski definition) is 4. The van der Waals surface area contributed by atoms with Gasteiger partial charge in [0, 0.05) is 63.8 Å². The number of rotatable bonds is 7. The van der Waals surface area contributed by atoms with Crippen molar-refractivity contribution in [3.8, 4) is 0 Å². The van der Waals surface area contributed by atoms with E-state index in [4.69, 9.17) is 24.4 Å². The molecule has 2 N–H and O–H groups in total. The summed E-state index contributed by atoms with van der Waals surface area (Å²) in [4.78, 5) is 5.63. The summed E-state index contributed by atoms with van der Waals surface area (Å²) in [7, 11) is 8.09. The second kappa shape index (κ2) is 9.50. The van der Waals surface area contributed by atoms with Gasteiger partial charge in [-0.3, -0.25) is 0 Å². The van der Waals surface area contributed by atoms with E-state index in [-0.39, 0.29) is 0 Å². The van der Waals surface area contributed by atoms with Gasteiger partial charge in [0.1, 0.15) is 9.98 Å². The molecule has 0 aliphatic carbocycles. The zero-order valence-electron chi connectivity index (χ0n) is 15.7. The number of nitrogens with zero attached hydrogens (tertiary/aromatic N) is 2. The first-order valence-electron chi connectivity index (χ1n) is 8.49. The Balaban J connectivity index is 1.77. The molecule has 0 aromatic heterocycles. The lowest BCUT2D eigenvalue weighted by molar-refractivity contribution is 0.823. The van der Waals surface area contributed by atoms with Crippen LogP contribution in [-0.4, -0.2) is 51.3 Å². The summed E-state index contributed by atoms with van der Waals surface area (Å²) in [6.07, 6.45) is 0. The molecule has 0 radical (unpaired) electrons. The largest absolute Gasteiger partial charge is 0.378 e. The van der Waals surface area contributed by atoms with Crippen LogP contribution >= 0.6 is 24.4 Å². The molecular weight excluding hydrogens is 360 g/mol. The van der Waals surface area contributed by atoms with Gasteiger partial charge in [0.05, 0.1) is 0 Å². The third-order valence-corrected chi connectivity index (χ3v) is 4.75. The van der Waals surface area contributed by atoms with Crippen LogP contribution in [0, 0.1) is 0 Å². The van der Waals surface area contributed by atoms with Crippen molar-refractivity contribution in [3.63, 3.8) is 0 Å². The zero-order valence-corrected chi connectivity index (χ0v) is 17.4. The highest BCUT2D eigenvalue weighted by atomic mass is 32.1. The number of anilines is 2. The van der Waals surface area contributed by atoms with E-state index >= 15 is 0 Å². The van der Waals surface area contributed by atoms with Crippen molar-refractivity contribution in [1.29, 1.82) is 0 Å². The molecule has 0 heterocycles. The average Bonchev–Trinajstić information content (AvgIpc) is 2.65. The van der Waals surface area contributed by atoms with Gasteiger partial charge < -0.3 is 20.4 Å². The van der Waals surface area contributed by atoms with E-state index in [9.17, 15) is 0 Å². The molecule has 6 heteroatoms. The van der Waals surface area contributed by atoms with Crippen LogP contribution in [0.1, 0.15) is 11.1 Å². The number of hydrogen-bond donors (Lipinski definition) is 2. The van der Waals surface area contributed by atoms with Crippen LogP contribution < -0.4 is 20.4 Å². The second-order valence-corrected chi connectivity index (χ2v) is 7.21. The SMILES string of the molecule is CN(C)c1ccc(C(=S)NCCNC(=S)c2ccc(N(C)C)cc2)cc1. The second-order valence-electron chi connectivity index (χ2n) is 6.39. The molecule has 26 heavy (non-hydrogen) atoms. The van der Waals surface area contributed by atoms with Gasteiger partial charge in [-0.2, -0.15) is 0 Å². The number of thiocarbonyl (C=S) groups is 2. The summed E-state index contributed by atoms with van der Waals surface area (Å²) in [5.74, 6) is 0. The van der Waals surface area contributed by atoms with Crippen molar-refractivity contribution in [2.45, 2.75) is 0 Å². The summed E-state index contributed by atoms with van der Waals surface area (Å²) in [5.41, 5.74) is 4.35. The molecule has 0 amide bonds. The molecule has 0 atom stereocenters. The number of benzene rings is 2. The first-order valence-corrected chi connectivity index (χ1v) is 9.31. The van der Waals surface area contributed by atoms with Gasteiger partial charge in [-0.05, 0) is 48.5 Å². The predicted molar refractivity (Wildman–Crippen MR) is 121 cm³/mol. The minimum atomic E-state index is 0.712. The summed E-state index contributed by atoms with van der Waals surface area (Å²) < 4.78 is 0. The van der Waals surface area contributed by atoms with Crippen molar-refractivity contribution in [2.24, 2.45) is 0 Å². The first kappa shape index (κ1) is 20.1. The van der Waals surface area contributed by atoms with Crippen molar-refractivity contribution in [3.05, 3.63) is 59.7 Å². The Morgan fingerprint density at radius 1 is 0.654 bits per heavy atom. The lowest BCUT2D eigenvalue weighted by atomic mass is 10.2. The van der Waals surface area contributed by atoms with Crippen LogP contribution in [0.5, 0.6) is 0 Å². The van der Waals surface area contributed by atoms with Crippen molar-refractivity contribution in [1.82, 2.24) is 10.6 Å². The van der Waals surface area contributed by atoms with Gasteiger partial charge in [0.25, 0.3) is 0 Å². The van der Waals surface area contributed by atoms with Crippen molar-refractivity contribution < 1.29 is 0 Å². The van der Waals surface area contributed by atoms with E-state index in [0.29, 0.717) is 13.1 Å². The first-order chi connectivity index (χ1) is 12.4. The lowest BCUT2D eigenvalue weighted by Crippen LogP contribution is -2.33. The summed E-state index contributed by atoms with van der Waals surface area (Å²) in [5, 5.41) is 6.54. The molecule has 0 saturated carbocycles. The highest BCUT2D eigenvalue weighted by Crippen LogP contribution is 2.13. The maximum absolute atomic E-state index is 5.45. The molecule has 2 rings (SSSR count). The van der Waals surface area contributed by atoms with Gasteiger partial charge in [-0.25, -0.2) is 0 Å². The van der Waals surface area contributed by atoms with Crippen LogP contribution in [-0.2, 0) is 0 Å². The van der Waals surface area contributed by atoms with Crippen LogP contribution in [0.2, 0.25) is 0 Å². The fraction of sp³-hybridized carbons (Fsp3) is 0.300. The summed E-state index contributed by atoms with van der Waals surface area (Å²) in [6.45, 7) is 1.42. The van der Waals surface area contributed by atoms with Gasteiger partial charge in [-0.15, -0.1) is 0 Å². The average molecular weight is 387 g/mol. The minimum Gasteiger partial charge on any atom is -0.378 e. The monoisotopic (exact) mass is 386 g/mol. The van der Waals surface area contributed by atoms with Gasteiger partial charge >= 0.3 is 0 Å². The molecule has 0 spiro atoms. The Hall–Kier alpha value is -2.18. The van der Waals surface area contributed by atoms with Crippen LogP contribution in [0.25, 0.3) is 0 Å². The van der Waals surface area contributed by atoms with Gasteiger partial charge in [-0.1, -0.05) is 24.4 Å². The highest BCUT2D eigenvalue weighted by Gasteiger charge is 2.04. The van der Waals surface area contributed by atoms with Crippen molar-refractivity contribution >= 4 is 45.8 Å². The van der Waals surface area contributed by atoms with E-state index in [1.807, 2.05) is 52.5 Å². The normalized spacial score (nSPS) is 10.2. The summed E-state index contributed by atoms with van der Waals surface area (Å²) in [6, 6.07) is 16.4. The fourth-order valence-electron chi connectivity index (χ4n) is 2.38. The molecule has 0 bridgehead atoms. The molecule has 0 saturated heterocycles. The van der Waals surface area contributed by atoms with E-state index in [1.165, 1.54) is 0 Å². The van der Waals surface area contributed by atoms with E-state index in [0.717, 1.165) is 32.5 Å². The Morgan fingerprint density at radius 3 is 1.23 bits per heavy atom. The van der Waals surface area contributed by atoms with Crippen molar-refractivity contribution in [2.75, 3.05) is 51.1 Å². The van der Waals surface area contributed by atoms with E-state index in [1.54, 1.807) is 0 Å². The maximum atomic E-state index is 5.45. The molecule has 0 aliphatic heterocycles. The summed E-state index contributed by atoms with van der Waals surface area (Å²) >= 11 is 10.9. The highest BCUT2D eigenvalue weighted by molar-refractivity contribution is 7.81. The van der Waals surface area contributed by atoms with Crippen LogP contribution in [0.15, 0.2) is 48.5 Å². The molecular formula is C20H26N4S2. The number of nitrogens with one attached hydrogen (secondary N) is 2. The van der Waals surface area contributed by atoms with Crippen LogP contribution in [0.4, 0.5) is 11.4 Å². The quantitative estimate of drug-likeness (QED) is 0.562. The standard InChI is InChI=1S/C20H26N4S2/c1-23(2)17-9-5-15(6-10-17)19(25)21-13-14-22-20(26)16-7-11-18(12-8-16)24(3)4/h5-12H,13-14H2,1-4H3,(H,21,25)(H,22,26). The molecule has 2 aromatic carbocycles.